The lowest BCUT2D eigenvalue weighted by molar-refractivity contribution is -0.0430. The van der Waals surface area contributed by atoms with Crippen molar-refractivity contribution in [3.8, 4) is 0 Å². The Morgan fingerprint density at radius 1 is 1.50 bits per heavy atom. The first-order valence-corrected chi connectivity index (χ1v) is 6.70. The van der Waals surface area contributed by atoms with Crippen LogP contribution >= 0.6 is 0 Å². The van der Waals surface area contributed by atoms with Gasteiger partial charge >= 0.3 is 0 Å². The average molecular weight is 278 g/mol. The first-order chi connectivity index (χ1) is 9.65. The second kappa shape index (κ2) is 5.01. The number of aliphatic hydroxyl groups excluding tert-OH is 2. The van der Waals surface area contributed by atoms with Crippen LogP contribution < -0.4 is 5.73 Å². The molecule has 2 aromatic rings. The summed E-state index contributed by atoms with van der Waals surface area (Å²) in [7, 11) is 0. The smallest absolute Gasteiger partial charge is 0.147 e. The highest BCUT2D eigenvalue weighted by atomic mass is 16.5. The minimum Gasteiger partial charge on any atom is -0.394 e. The van der Waals surface area contributed by atoms with Gasteiger partial charge in [0.1, 0.15) is 30.1 Å². The van der Waals surface area contributed by atoms with Crippen molar-refractivity contribution in [1.82, 2.24) is 14.5 Å². The quantitative estimate of drug-likeness (QED) is 0.741. The maximum atomic E-state index is 9.86. The summed E-state index contributed by atoms with van der Waals surface area (Å²) < 4.78 is 7.54. The summed E-state index contributed by atoms with van der Waals surface area (Å²) >= 11 is 0. The van der Waals surface area contributed by atoms with Gasteiger partial charge in [-0.1, -0.05) is 6.92 Å². The van der Waals surface area contributed by atoms with E-state index in [0.29, 0.717) is 17.9 Å². The number of aromatic nitrogens is 3. The number of anilines is 1. The maximum Gasteiger partial charge on any atom is 0.147 e. The second-order valence-corrected chi connectivity index (χ2v) is 4.99. The Morgan fingerprint density at radius 2 is 2.30 bits per heavy atom. The van der Waals surface area contributed by atoms with Gasteiger partial charge in [-0.05, 0) is 12.0 Å². The van der Waals surface area contributed by atoms with Crippen molar-refractivity contribution in [1.29, 1.82) is 0 Å². The largest absolute Gasteiger partial charge is 0.394 e. The Morgan fingerprint density at radius 3 is 2.95 bits per heavy atom. The van der Waals surface area contributed by atoms with Crippen LogP contribution in [-0.2, 0) is 11.2 Å². The molecule has 3 rings (SSSR count). The lowest BCUT2D eigenvalue weighted by atomic mass is 10.2. The van der Waals surface area contributed by atoms with E-state index < -0.39 is 12.2 Å². The lowest BCUT2D eigenvalue weighted by Gasteiger charge is -2.14. The molecule has 7 nitrogen and oxygen atoms in total. The molecule has 20 heavy (non-hydrogen) atoms. The van der Waals surface area contributed by atoms with Crippen LogP contribution in [0.25, 0.3) is 11.0 Å². The second-order valence-electron chi connectivity index (χ2n) is 4.99. The molecule has 0 saturated carbocycles. The molecular weight excluding hydrogens is 260 g/mol. The van der Waals surface area contributed by atoms with Gasteiger partial charge in [-0.2, -0.15) is 0 Å². The molecule has 1 fully saturated rings. The zero-order valence-electron chi connectivity index (χ0n) is 11.2. The number of aliphatic hydroxyl groups is 2. The number of hydrogen-bond donors (Lipinski definition) is 3. The third-order valence-corrected chi connectivity index (χ3v) is 3.79. The van der Waals surface area contributed by atoms with Crippen molar-refractivity contribution in [3.63, 3.8) is 0 Å². The summed E-state index contributed by atoms with van der Waals surface area (Å²) in [6.07, 6.45) is 3.00. The van der Waals surface area contributed by atoms with E-state index in [9.17, 15) is 10.2 Å². The van der Waals surface area contributed by atoms with Crippen LogP contribution in [0.15, 0.2) is 12.5 Å². The number of nitrogens with two attached hydrogens (primary N) is 1. The van der Waals surface area contributed by atoms with Gasteiger partial charge in [0.05, 0.1) is 18.1 Å². The molecule has 2 aromatic heterocycles. The first-order valence-electron chi connectivity index (χ1n) is 6.70. The molecule has 4 N–H and O–H groups in total. The molecule has 0 aliphatic carbocycles. The normalized spacial score (nSPS) is 26.4. The Hall–Kier alpha value is -1.70. The Labute approximate surface area is 116 Å². The number of aryl methyl sites for hydroxylation is 1. The van der Waals surface area contributed by atoms with Gasteiger partial charge < -0.3 is 25.3 Å². The van der Waals surface area contributed by atoms with Gasteiger partial charge in [-0.3, -0.25) is 0 Å². The molecule has 3 heterocycles. The maximum absolute atomic E-state index is 9.86. The number of ether oxygens (including phenoxy) is 1. The highest BCUT2D eigenvalue weighted by molar-refractivity contribution is 5.89. The summed E-state index contributed by atoms with van der Waals surface area (Å²) in [6.45, 7) is 1.83. The lowest BCUT2D eigenvalue weighted by Crippen LogP contribution is -2.24. The van der Waals surface area contributed by atoms with Crippen LogP contribution in [0.4, 0.5) is 5.82 Å². The standard InChI is InChI=1S/C13H18N4O3/c1-2-7-4-17(10-3-8(19)9(5-18)20-10)13-11(7)12(14)15-6-16-13/h4,6,8-10,18-19H,2-3,5H2,1H3,(H2,14,15,16). The molecule has 3 atom stereocenters. The zero-order valence-corrected chi connectivity index (χ0v) is 11.2. The molecule has 1 aliphatic heterocycles. The first kappa shape index (κ1) is 13.3. The van der Waals surface area contributed by atoms with Crippen molar-refractivity contribution in [3.05, 3.63) is 18.1 Å². The Kier molecular flexibility index (Phi) is 3.33. The monoisotopic (exact) mass is 278 g/mol. The summed E-state index contributed by atoms with van der Waals surface area (Å²) in [4.78, 5) is 8.30. The molecule has 0 amide bonds. The fourth-order valence-electron chi connectivity index (χ4n) is 2.72. The average Bonchev–Trinajstić information content (AvgIpc) is 3.00. The molecule has 3 unspecified atom stereocenters. The topological polar surface area (TPSA) is 106 Å². The highest BCUT2D eigenvalue weighted by Crippen LogP contribution is 2.34. The van der Waals surface area contributed by atoms with Crippen molar-refractivity contribution in [2.45, 2.75) is 38.2 Å². The van der Waals surface area contributed by atoms with Gasteiger partial charge in [0, 0.05) is 12.6 Å². The van der Waals surface area contributed by atoms with Gasteiger partial charge in [0.25, 0.3) is 0 Å². The van der Waals surface area contributed by atoms with E-state index in [2.05, 4.69) is 9.97 Å². The summed E-state index contributed by atoms with van der Waals surface area (Å²) in [6, 6.07) is 0. The number of nitrogens with zero attached hydrogens (tertiary/aromatic N) is 3. The van der Waals surface area contributed by atoms with Crippen LogP contribution in [0, 0.1) is 0 Å². The fourth-order valence-corrected chi connectivity index (χ4v) is 2.72. The van der Waals surface area contributed by atoms with E-state index in [0.717, 1.165) is 17.4 Å². The van der Waals surface area contributed by atoms with Crippen molar-refractivity contribution in [2.75, 3.05) is 12.3 Å². The van der Waals surface area contributed by atoms with E-state index in [-0.39, 0.29) is 12.8 Å². The van der Waals surface area contributed by atoms with Gasteiger partial charge in [-0.15, -0.1) is 0 Å². The predicted octanol–water partition coefficient (Wildman–Crippen LogP) is 0.217. The Bertz CT molecular complexity index is 627. The zero-order chi connectivity index (χ0) is 14.3. The van der Waals surface area contributed by atoms with Crippen molar-refractivity contribution < 1.29 is 14.9 Å². The van der Waals surface area contributed by atoms with Crippen LogP contribution in [0.1, 0.15) is 25.1 Å². The number of hydrogen-bond acceptors (Lipinski definition) is 6. The predicted molar refractivity (Wildman–Crippen MR) is 72.9 cm³/mol. The highest BCUT2D eigenvalue weighted by Gasteiger charge is 2.35. The Balaban J connectivity index is 2.07. The molecule has 0 bridgehead atoms. The number of fused-ring (bicyclic) bond motifs is 1. The number of nitrogen functional groups attached to an aromatic ring is 1. The molecule has 0 radical (unpaired) electrons. The van der Waals surface area contributed by atoms with Crippen molar-refractivity contribution >= 4 is 16.9 Å². The molecule has 1 saturated heterocycles. The van der Waals surface area contributed by atoms with Crippen LogP contribution in [0.3, 0.4) is 0 Å². The van der Waals surface area contributed by atoms with E-state index in [1.807, 2.05) is 17.7 Å². The molecule has 108 valence electrons. The molecule has 1 aliphatic rings. The summed E-state index contributed by atoms with van der Waals surface area (Å²) in [5.74, 6) is 0.447. The van der Waals surface area contributed by atoms with Crippen molar-refractivity contribution in [2.24, 2.45) is 0 Å². The van der Waals surface area contributed by atoms with E-state index in [1.165, 1.54) is 6.33 Å². The summed E-state index contributed by atoms with van der Waals surface area (Å²) in [5.41, 5.74) is 7.67. The third-order valence-electron chi connectivity index (χ3n) is 3.79. The van der Waals surface area contributed by atoms with Crippen LogP contribution in [0.2, 0.25) is 0 Å². The molecular formula is C13H18N4O3. The molecule has 7 heteroatoms. The van der Waals surface area contributed by atoms with Crippen LogP contribution in [0.5, 0.6) is 0 Å². The van der Waals surface area contributed by atoms with Gasteiger partial charge in [0.2, 0.25) is 0 Å². The van der Waals surface area contributed by atoms with E-state index >= 15 is 0 Å². The minimum absolute atomic E-state index is 0.200. The third kappa shape index (κ3) is 1.94. The SMILES string of the molecule is CCc1cn(C2CC(O)C(CO)O2)c2ncnc(N)c12. The van der Waals surface area contributed by atoms with Gasteiger partial charge in [-0.25, -0.2) is 9.97 Å². The minimum atomic E-state index is -0.674. The van der Waals surface area contributed by atoms with E-state index in [4.69, 9.17) is 10.5 Å². The molecule has 0 aromatic carbocycles. The summed E-state index contributed by atoms with van der Waals surface area (Å²) in [5, 5.41) is 19.9. The van der Waals surface area contributed by atoms with Crippen LogP contribution in [-0.4, -0.2) is 43.6 Å². The fraction of sp³-hybridized carbons (Fsp3) is 0.538. The van der Waals surface area contributed by atoms with Gasteiger partial charge in [0.15, 0.2) is 0 Å². The molecule has 0 spiro atoms. The van der Waals surface area contributed by atoms with E-state index in [1.54, 1.807) is 0 Å². The number of rotatable bonds is 3.